The Balaban J connectivity index is 2.16. The molecule has 1 aromatic heterocycles. The van der Waals surface area contributed by atoms with Gasteiger partial charge in [-0.2, -0.15) is 0 Å². The molecule has 0 spiro atoms. The number of hydrogen-bond acceptors (Lipinski definition) is 2. The van der Waals surface area contributed by atoms with Gasteiger partial charge in [-0.3, -0.25) is 0 Å². The Morgan fingerprint density at radius 3 is 2.24 bits per heavy atom. The van der Waals surface area contributed by atoms with E-state index in [-0.39, 0.29) is 0 Å². The minimum Gasteiger partial charge on any atom is -0.313 e. The number of hydrogen-bond donors (Lipinski definition) is 1. The summed E-state index contributed by atoms with van der Waals surface area (Å²) in [4.78, 5) is 3.00. The Bertz CT molecular complexity index is 517. The molecule has 2 aromatic rings. The molecule has 0 saturated carbocycles. The van der Waals surface area contributed by atoms with Crippen molar-refractivity contribution in [3.05, 3.63) is 57.8 Å². The van der Waals surface area contributed by atoms with Crippen LogP contribution < -0.4 is 5.32 Å². The van der Waals surface area contributed by atoms with Crippen LogP contribution in [0.3, 0.4) is 0 Å². The summed E-state index contributed by atoms with van der Waals surface area (Å²) >= 11 is 1.97. The van der Waals surface area contributed by atoms with E-state index in [1.54, 1.807) is 0 Å². The summed E-state index contributed by atoms with van der Waals surface area (Å²) in [7, 11) is 0. The highest BCUT2D eigenvalue weighted by molar-refractivity contribution is 7.11. The van der Waals surface area contributed by atoms with E-state index in [1.165, 1.54) is 21.7 Å². The molecule has 1 aromatic carbocycles. The molecule has 2 heteroatoms. The van der Waals surface area contributed by atoms with Gasteiger partial charge in [-0.05, 0) is 49.4 Å². The molecular formula is C19H27NS. The summed E-state index contributed by atoms with van der Waals surface area (Å²) in [6.45, 7) is 7.76. The number of likely N-dealkylation sites (N-methyl/N-ethyl adjacent to an activating group) is 1. The molecule has 114 valence electrons. The van der Waals surface area contributed by atoms with Gasteiger partial charge in [0.25, 0.3) is 0 Å². The summed E-state index contributed by atoms with van der Waals surface area (Å²) in [5, 5.41) is 3.71. The van der Waals surface area contributed by atoms with Crippen molar-refractivity contribution in [1.29, 1.82) is 0 Å². The third-order valence-corrected chi connectivity index (χ3v) is 5.36. The normalized spacial score (nSPS) is 14.0. The summed E-state index contributed by atoms with van der Waals surface area (Å²) in [5.41, 5.74) is 1.46. The topological polar surface area (TPSA) is 12.0 Å². The van der Waals surface area contributed by atoms with Gasteiger partial charge in [-0.1, -0.05) is 51.1 Å². The highest BCUT2D eigenvalue weighted by Gasteiger charge is 2.21. The highest BCUT2D eigenvalue weighted by atomic mass is 32.1. The first kappa shape index (κ1) is 16.3. The molecule has 0 radical (unpaired) electrons. The van der Waals surface area contributed by atoms with Crippen molar-refractivity contribution in [1.82, 2.24) is 5.32 Å². The minimum absolute atomic E-state index is 0.519. The van der Waals surface area contributed by atoms with Gasteiger partial charge < -0.3 is 5.32 Å². The van der Waals surface area contributed by atoms with Crippen LogP contribution in [0.15, 0.2) is 42.5 Å². The SMILES string of the molecule is CCNC(Cc1ccc(CC)s1)C(CC)c1ccccc1. The lowest BCUT2D eigenvalue weighted by Gasteiger charge is -2.27. The standard InChI is InChI=1S/C19H27NS/c1-4-16-12-13-17(21-16)14-19(20-6-3)18(5-2)15-10-8-7-9-11-15/h7-13,18-20H,4-6,14H2,1-3H3. The Kier molecular flexibility index (Phi) is 6.47. The Labute approximate surface area is 133 Å². The van der Waals surface area contributed by atoms with E-state index in [2.05, 4.69) is 68.6 Å². The Morgan fingerprint density at radius 1 is 0.952 bits per heavy atom. The van der Waals surface area contributed by atoms with Crippen molar-refractivity contribution >= 4 is 11.3 Å². The van der Waals surface area contributed by atoms with Crippen LogP contribution in [0.4, 0.5) is 0 Å². The molecule has 21 heavy (non-hydrogen) atoms. The number of nitrogens with one attached hydrogen (secondary N) is 1. The predicted octanol–water partition coefficient (Wildman–Crippen LogP) is 5.02. The maximum Gasteiger partial charge on any atom is 0.0184 e. The quantitative estimate of drug-likeness (QED) is 0.721. The molecule has 2 unspecified atom stereocenters. The largest absolute Gasteiger partial charge is 0.313 e. The van der Waals surface area contributed by atoms with Gasteiger partial charge in [0.1, 0.15) is 0 Å². The molecule has 2 rings (SSSR count). The maximum absolute atomic E-state index is 3.71. The van der Waals surface area contributed by atoms with Crippen LogP contribution in [0.2, 0.25) is 0 Å². The van der Waals surface area contributed by atoms with E-state index < -0.39 is 0 Å². The van der Waals surface area contributed by atoms with Crippen LogP contribution in [0.5, 0.6) is 0 Å². The Morgan fingerprint density at radius 2 is 1.67 bits per heavy atom. The fourth-order valence-electron chi connectivity index (χ4n) is 3.01. The lowest BCUT2D eigenvalue weighted by Crippen LogP contribution is -2.36. The molecule has 0 aliphatic rings. The zero-order chi connectivity index (χ0) is 15.1. The summed E-state index contributed by atoms with van der Waals surface area (Å²) < 4.78 is 0. The van der Waals surface area contributed by atoms with Crippen molar-refractivity contribution in [2.45, 2.75) is 52.0 Å². The first-order valence-corrected chi connectivity index (χ1v) is 8.96. The zero-order valence-electron chi connectivity index (χ0n) is 13.4. The van der Waals surface area contributed by atoms with Crippen LogP contribution in [0.25, 0.3) is 0 Å². The molecule has 1 heterocycles. The number of aryl methyl sites for hydroxylation is 1. The van der Waals surface area contributed by atoms with Crippen LogP contribution >= 0.6 is 11.3 Å². The van der Waals surface area contributed by atoms with E-state index in [1.807, 2.05) is 11.3 Å². The van der Waals surface area contributed by atoms with E-state index in [9.17, 15) is 0 Å². The third-order valence-electron chi connectivity index (χ3n) is 4.11. The molecule has 0 aliphatic heterocycles. The molecule has 1 N–H and O–H groups in total. The summed E-state index contributed by atoms with van der Waals surface area (Å²) in [6.07, 6.45) is 3.45. The van der Waals surface area contributed by atoms with E-state index in [0.29, 0.717) is 12.0 Å². The second-order valence-corrected chi connectivity index (χ2v) is 6.77. The first-order chi connectivity index (χ1) is 10.3. The number of thiophene rings is 1. The predicted molar refractivity (Wildman–Crippen MR) is 94.3 cm³/mol. The van der Waals surface area contributed by atoms with Crippen molar-refractivity contribution < 1.29 is 0 Å². The van der Waals surface area contributed by atoms with E-state index in [0.717, 1.165) is 19.4 Å². The number of rotatable bonds is 8. The molecule has 1 nitrogen and oxygen atoms in total. The smallest absolute Gasteiger partial charge is 0.0184 e. The molecule has 2 atom stereocenters. The van der Waals surface area contributed by atoms with Gasteiger partial charge in [-0.15, -0.1) is 11.3 Å². The second-order valence-electron chi connectivity index (χ2n) is 5.52. The van der Waals surface area contributed by atoms with Crippen LogP contribution in [0.1, 0.15) is 48.4 Å². The van der Waals surface area contributed by atoms with Crippen molar-refractivity contribution in [3.8, 4) is 0 Å². The zero-order valence-corrected chi connectivity index (χ0v) is 14.2. The monoisotopic (exact) mass is 301 g/mol. The third kappa shape index (κ3) is 4.42. The summed E-state index contributed by atoms with van der Waals surface area (Å²) in [6, 6.07) is 16.1. The van der Waals surface area contributed by atoms with Gasteiger partial charge in [0.15, 0.2) is 0 Å². The molecule has 0 aliphatic carbocycles. The molecular weight excluding hydrogens is 274 g/mol. The minimum atomic E-state index is 0.519. The average Bonchev–Trinajstić information content (AvgIpc) is 2.97. The van der Waals surface area contributed by atoms with Gasteiger partial charge in [-0.25, -0.2) is 0 Å². The van der Waals surface area contributed by atoms with Gasteiger partial charge in [0.05, 0.1) is 0 Å². The van der Waals surface area contributed by atoms with Gasteiger partial charge >= 0.3 is 0 Å². The molecule has 0 saturated heterocycles. The van der Waals surface area contributed by atoms with E-state index in [4.69, 9.17) is 0 Å². The molecule has 0 fully saturated rings. The van der Waals surface area contributed by atoms with Crippen LogP contribution in [-0.4, -0.2) is 12.6 Å². The fourth-order valence-corrected chi connectivity index (χ4v) is 4.03. The summed E-state index contributed by atoms with van der Waals surface area (Å²) in [5.74, 6) is 0.582. The lowest BCUT2D eigenvalue weighted by atomic mass is 9.87. The average molecular weight is 301 g/mol. The number of benzene rings is 1. The van der Waals surface area contributed by atoms with E-state index >= 15 is 0 Å². The lowest BCUT2D eigenvalue weighted by molar-refractivity contribution is 0.430. The second kappa shape index (κ2) is 8.35. The van der Waals surface area contributed by atoms with Crippen LogP contribution in [-0.2, 0) is 12.8 Å². The van der Waals surface area contributed by atoms with Crippen molar-refractivity contribution in [2.24, 2.45) is 0 Å². The highest BCUT2D eigenvalue weighted by Crippen LogP contribution is 2.28. The van der Waals surface area contributed by atoms with Gasteiger partial charge in [0, 0.05) is 15.8 Å². The maximum atomic E-state index is 3.71. The first-order valence-electron chi connectivity index (χ1n) is 8.14. The van der Waals surface area contributed by atoms with Crippen molar-refractivity contribution in [2.75, 3.05) is 6.54 Å². The Hall–Kier alpha value is -1.12. The molecule has 0 bridgehead atoms. The van der Waals surface area contributed by atoms with Crippen molar-refractivity contribution in [3.63, 3.8) is 0 Å². The molecule has 0 amide bonds. The fraction of sp³-hybridized carbons (Fsp3) is 0.474. The van der Waals surface area contributed by atoms with Gasteiger partial charge in [0.2, 0.25) is 0 Å². The van der Waals surface area contributed by atoms with Crippen LogP contribution in [0, 0.1) is 0 Å².